The first kappa shape index (κ1) is 13.9. The molecule has 1 aromatic heterocycles. The number of anilines is 1. The minimum absolute atomic E-state index is 0.169. The summed E-state index contributed by atoms with van der Waals surface area (Å²) in [6, 6.07) is 3.56. The molecule has 0 radical (unpaired) electrons. The van der Waals surface area contributed by atoms with E-state index in [1.165, 1.54) is 0 Å². The summed E-state index contributed by atoms with van der Waals surface area (Å²) in [5.74, 6) is 1.46. The van der Waals surface area contributed by atoms with E-state index in [2.05, 4.69) is 18.8 Å². The highest BCUT2D eigenvalue weighted by atomic mass is 16.5. The highest BCUT2D eigenvalue weighted by molar-refractivity contribution is 5.49. The van der Waals surface area contributed by atoms with Gasteiger partial charge in [-0.15, -0.1) is 0 Å². The van der Waals surface area contributed by atoms with Gasteiger partial charge >= 0.3 is 0 Å². The van der Waals surface area contributed by atoms with Crippen LogP contribution < -0.4 is 15.2 Å². The van der Waals surface area contributed by atoms with Crippen LogP contribution in [0.2, 0.25) is 0 Å². The third kappa shape index (κ3) is 4.28. The molecule has 106 valence electrons. The third-order valence-electron chi connectivity index (χ3n) is 2.87. The fraction of sp³-hybridized carbons (Fsp3) is 0.643. The third-order valence-corrected chi connectivity index (χ3v) is 2.87. The Morgan fingerprint density at radius 1 is 1.37 bits per heavy atom. The van der Waals surface area contributed by atoms with Crippen molar-refractivity contribution in [2.45, 2.75) is 32.8 Å². The Balaban J connectivity index is 1.98. The summed E-state index contributed by atoms with van der Waals surface area (Å²) in [5, 5.41) is 0. The normalized spacial score (nSPS) is 16.6. The fourth-order valence-electron chi connectivity index (χ4n) is 1.83. The molecule has 0 spiro atoms. The van der Waals surface area contributed by atoms with E-state index in [4.69, 9.17) is 19.9 Å². The molecule has 2 heterocycles. The highest BCUT2D eigenvalue weighted by Gasteiger charge is 2.16. The Morgan fingerprint density at radius 3 is 2.79 bits per heavy atom. The van der Waals surface area contributed by atoms with Crippen molar-refractivity contribution in [3.05, 3.63) is 12.1 Å². The second kappa shape index (κ2) is 6.61. The number of nitrogens with zero attached hydrogens (tertiary/aromatic N) is 1. The van der Waals surface area contributed by atoms with Crippen LogP contribution in [0.3, 0.4) is 0 Å². The molecule has 0 aliphatic carbocycles. The van der Waals surface area contributed by atoms with Crippen LogP contribution in [-0.4, -0.2) is 30.9 Å². The largest absolute Gasteiger partial charge is 0.476 e. The van der Waals surface area contributed by atoms with Gasteiger partial charge in [-0.1, -0.05) is 13.8 Å². The maximum atomic E-state index is 5.85. The zero-order chi connectivity index (χ0) is 13.7. The molecule has 0 aromatic carbocycles. The van der Waals surface area contributed by atoms with Gasteiger partial charge in [0.05, 0.1) is 25.5 Å². The maximum absolute atomic E-state index is 5.85. The van der Waals surface area contributed by atoms with Crippen molar-refractivity contribution < 1.29 is 14.2 Å². The summed E-state index contributed by atoms with van der Waals surface area (Å²) >= 11 is 0. The monoisotopic (exact) mass is 266 g/mol. The minimum atomic E-state index is 0.169. The van der Waals surface area contributed by atoms with Crippen LogP contribution in [-0.2, 0) is 4.74 Å². The number of nitrogen functional groups attached to an aromatic ring is 1. The van der Waals surface area contributed by atoms with Crippen molar-refractivity contribution in [1.82, 2.24) is 4.98 Å². The molecule has 0 unspecified atom stereocenters. The van der Waals surface area contributed by atoms with Gasteiger partial charge in [-0.3, -0.25) is 0 Å². The lowest BCUT2D eigenvalue weighted by atomic mass is 10.1. The van der Waals surface area contributed by atoms with Gasteiger partial charge < -0.3 is 19.9 Å². The fourth-order valence-corrected chi connectivity index (χ4v) is 1.83. The predicted molar refractivity (Wildman–Crippen MR) is 73.5 cm³/mol. The summed E-state index contributed by atoms with van der Waals surface area (Å²) < 4.78 is 16.7. The summed E-state index contributed by atoms with van der Waals surface area (Å²) in [5.41, 5.74) is 6.39. The van der Waals surface area contributed by atoms with Gasteiger partial charge in [0.15, 0.2) is 0 Å². The highest BCUT2D eigenvalue weighted by Crippen LogP contribution is 2.24. The Morgan fingerprint density at radius 2 is 2.11 bits per heavy atom. The molecule has 1 aliphatic heterocycles. The van der Waals surface area contributed by atoms with E-state index in [0.29, 0.717) is 30.0 Å². The lowest BCUT2D eigenvalue weighted by molar-refractivity contribution is 0.0235. The number of hydrogen-bond donors (Lipinski definition) is 1. The SMILES string of the molecule is CC(C)COc1nc(OC2CCOCC2)ccc1N. The smallest absolute Gasteiger partial charge is 0.240 e. The van der Waals surface area contributed by atoms with Gasteiger partial charge in [0, 0.05) is 18.9 Å². The van der Waals surface area contributed by atoms with Gasteiger partial charge in [-0.05, 0) is 12.0 Å². The predicted octanol–water partition coefficient (Wildman–Crippen LogP) is 2.26. The molecule has 5 heteroatoms. The van der Waals surface area contributed by atoms with Crippen molar-refractivity contribution in [3.8, 4) is 11.8 Å². The van der Waals surface area contributed by atoms with Crippen LogP contribution in [0.5, 0.6) is 11.8 Å². The molecule has 1 fully saturated rings. The van der Waals surface area contributed by atoms with Crippen LogP contribution in [0, 0.1) is 5.92 Å². The second-order valence-electron chi connectivity index (χ2n) is 5.18. The Bertz CT molecular complexity index is 404. The van der Waals surface area contributed by atoms with Crippen molar-refractivity contribution in [2.24, 2.45) is 5.92 Å². The molecule has 1 saturated heterocycles. The van der Waals surface area contributed by atoms with Gasteiger partial charge in [0.2, 0.25) is 11.8 Å². The molecule has 0 atom stereocenters. The maximum Gasteiger partial charge on any atom is 0.240 e. The lowest BCUT2D eigenvalue weighted by Crippen LogP contribution is -2.26. The van der Waals surface area contributed by atoms with Crippen LogP contribution in [0.15, 0.2) is 12.1 Å². The van der Waals surface area contributed by atoms with E-state index in [-0.39, 0.29) is 6.10 Å². The van der Waals surface area contributed by atoms with Crippen LogP contribution in [0.1, 0.15) is 26.7 Å². The van der Waals surface area contributed by atoms with Gasteiger partial charge in [-0.2, -0.15) is 4.98 Å². The molecular formula is C14H22N2O3. The molecule has 19 heavy (non-hydrogen) atoms. The first-order valence-corrected chi connectivity index (χ1v) is 6.79. The average Bonchev–Trinajstić information content (AvgIpc) is 2.40. The first-order chi connectivity index (χ1) is 9.15. The summed E-state index contributed by atoms with van der Waals surface area (Å²) in [6.07, 6.45) is 1.96. The van der Waals surface area contributed by atoms with Crippen LogP contribution in [0.4, 0.5) is 5.69 Å². The molecule has 1 aromatic rings. The van der Waals surface area contributed by atoms with Crippen molar-refractivity contribution in [2.75, 3.05) is 25.6 Å². The zero-order valence-electron chi connectivity index (χ0n) is 11.6. The molecular weight excluding hydrogens is 244 g/mol. The van der Waals surface area contributed by atoms with Gasteiger partial charge in [0.1, 0.15) is 6.10 Å². The standard InChI is InChI=1S/C14H22N2O3/c1-10(2)9-18-14-12(15)3-4-13(16-14)19-11-5-7-17-8-6-11/h3-4,10-11H,5-9,15H2,1-2H3. The van der Waals surface area contributed by atoms with E-state index in [1.807, 2.05) is 0 Å². The van der Waals surface area contributed by atoms with E-state index >= 15 is 0 Å². The summed E-state index contributed by atoms with van der Waals surface area (Å²) in [6.45, 7) is 6.25. The van der Waals surface area contributed by atoms with E-state index in [1.54, 1.807) is 12.1 Å². The average molecular weight is 266 g/mol. The number of nitrogens with two attached hydrogens (primary N) is 1. The number of pyridine rings is 1. The number of rotatable bonds is 5. The minimum Gasteiger partial charge on any atom is -0.476 e. The Hall–Kier alpha value is -1.49. The molecule has 1 aliphatic rings. The number of aromatic nitrogens is 1. The van der Waals surface area contributed by atoms with E-state index in [0.717, 1.165) is 26.1 Å². The molecule has 2 N–H and O–H groups in total. The van der Waals surface area contributed by atoms with Gasteiger partial charge in [0.25, 0.3) is 0 Å². The Kier molecular flexibility index (Phi) is 4.85. The Labute approximate surface area is 114 Å². The van der Waals surface area contributed by atoms with Crippen molar-refractivity contribution >= 4 is 5.69 Å². The molecule has 0 bridgehead atoms. The molecule has 0 amide bonds. The first-order valence-electron chi connectivity index (χ1n) is 6.79. The van der Waals surface area contributed by atoms with E-state index in [9.17, 15) is 0 Å². The quantitative estimate of drug-likeness (QED) is 0.885. The van der Waals surface area contributed by atoms with Crippen molar-refractivity contribution in [1.29, 1.82) is 0 Å². The molecule has 5 nitrogen and oxygen atoms in total. The summed E-state index contributed by atoms with van der Waals surface area (Å²) in [4.78, 5) is 4.33. The lowest BCUT2D eigenvalue weighted by Gasteiger charge is -2.23. The van der Waals surface area contributed by atoms with Gasteiger partial charge in [-0.25, -0.2) is 0 Å². The van der Waals surface area contributed by atoms with Crippen LogP contribution >= 0.6 is 0 Å². The number of ether oxygens (including phenoxy) is 3. The van der Waals surface area contributed by atoms with E-state index < -0.39 is 0 Å². The molecule has 0 saturated carbocycles. The van der Waals surface area contributed by atoms with Crippen molar-refractivity contribution in [3.63, 3.8) is 0 Å². The summed E-state index contributed by atoms with van der Waals surface area (Å²) in [7, 11) is 0. The second-order valence-corrected chi connectivity index (χ2v) is 5.18. The number of hydrogen-bond acceptors (Lipinski definition) is 5. The topological polar surface area (TPSA) is 66.6 Å². The zero-order valence-corrected chi connectivity index (χ0v) is 11.6. The van der Waals surface area contributed by atoms with Crippen LogP contribution in [0.25, 0.3) is 0 Å². The molecule has 2 rings (SSSR count).